The van der Waals surface area contributed by atoms with Crippen LogP contribution in [0.25, 0.3) is 43.3 Å². The van der Waals surface area contributed by atoms with Crippen LogP contribution in [-0.2, 0) is 30.2 Å². The molecule has 4 heterocycles. The monoisotopic (exact) mass is 953 g/mol. The summed E-state index contributed by atoms with van der Waals surface area (Å²) in [5, 5.41) is 18.3. The summed E-state index contributed by atoms with van der Waals surface area (Å²) in [4.78, 5) is 33.6. The normalized spacial score (nSPS) is 11.2. The highest BCUT2D eigenvalue weighted by atomic mass is 32.1. The number of hydrogen-bond acceptors (Lipinski definition) is 20. The number of thiazole rings is 2. The first kappa shape index (κ1) is 47.0. The largest absolute Gasteiger partial charge is 0.494 e. The number of nitrogens with zero attached hydrogens (tertiary/aromatic N) is 7. The van der Waals surface area contributed by atoms with Crippen molar-refractivity contribution in [3.8, 4) is 45.9 Å². The zero-order chi connectivity index (χ0) is 46.6. The minimum Gasteiger partial charge on any atom is -0.494 e. The van der Waals surface area contributed by atoms with E-state index < -0.39 is 20.0 Å². The molecule has 0 saturated heterocycles. The highest BCUT2D eigenvalue weighted by molar-refractivity contribution is 7.22. The maximum absolute atomic E-state index is 11.3. The van der Waals surface area contributed by atoms with Crippen molar-refractivity contribution in [3.63, 3.8) is 0 Å². The van der Waals surface area contributed by atoms with Crippen molar-refractivity contribution in [1.29, 1.82) is 0 Å². The number of methoxy groups -OCH3 is 4. The standard InChI is InChI=1S/C25H30N4O6SSi.C20H17N3O5S/c1-31-19-7-6-8-20-22(19)26-25(36-20)29(16-33-13-14-37(3,4)5)24-28-27-23(35-24)17-9-11-18(12-10-17)34-15-21(30)32-2;1-25-14-4-3-5-15-19(14)21-17(29-15)10-16-22-23-20(28-16)12-6-8-13(9-7-12)27-11-18(24)26-2/h6-12H,13-16H2,1-5H3;3-9H,10-11H2,1-2H3. The highest BCUT2D eigenvalue weighted by Crippen LogP contribution is 2.38. The minimum atomic E-state index is -1.25. The van der Waals surface area contributed by atoms with Crippen molar-refractivity contribution in [1.82, 2.24) is 30.4 Å². The Bertz CT molecular complexity index is 2860. The van der Waals surface area contributed by atoms with Crippen molar-refractivity contribution in [2.75, 3.05) is 59.9 Å². The van der Waals surface area contributed by atoms with Gasteiger partial charge in [-0.25, -0.2) is 24.5 Å². The van der Waals surface area contributed by atoms with Crippen LogP contribution in [0.1, 0.15) is 10.9 Å². The van der Waals surface area contributed by atoms with Crippen LogP contribution in [0, 0.1) is 0 Å². The summed E-state index contributed by atoms with van der Waals surface area (Å²) in [5.74, 6) is 2.82. The van der Waals surface area contributed by atoms with Crippen LogP contribution in [0.4, 0.5) is 11.1 Å². The maximum atomic E-state index is 11.3. The van der Waals surface area contributed by atoms with Crippen LogP contribution < -0.4 is 23.8 Å². The van der Waals surface area contributed by atoms with Gasteiger partial charge in [0.25, 0.3) is 0 Å². The summed E-state index contributed by atoms with van der Waals surface area (Å²) in [6.45, 7) is 7.47. The second-order valence-electron chi connectivity index (χ2n) is 15.3. The summed E-state index contributed by atoms with van der Waals surface area (Å²) in [6.07, 6.45) is 0.440. The number of ether oxygens (including phenoxy) is 7. The van der Waals surface area contributed by atoms with Gasteiger partial charge in [-0.2, -0.15) is 0 Å². The number of hydrogen-bond donors (Lipinski definition) is 0. The van der Waals surface area contributed by atoms with Crippen molar-refractivity contribution in [2.24, 2.45) is 0 Å². The maximum Gasteiger partial charge on any atom is 0.343 e. The summed E-state index contributed by atoms with van der Waals surface area (Å²) in [5.41, 5.74) is 3.05. The van der Waals surface area contributed by atoms with Gasteiger partial charge in [-0.3, -0.25) is 0 Å². The number of rotatable bonds is 19. The van der Waals surface area contributed by atoms with E-state index >= 15 is 0 Å². The fourth-order valence-electron chi connectivity index (χ4n) is 5.93. The van der Waals surface area contributed by atoms with Gasteiger partial charge in [0.15, 0.2) is 18.3 Å². The van der Waals surface area contributed by atoms with Gasteiger partial charge in [-0.15, -0.1) is 26.6 Å². The molecular weight excluding hydrogens is 907 g/mol. The molecular formula is C45H47N7O11S2Si. The zero-order valence-electron chi connectivity index (χ0n) is 37.3. The van der Waals surface area contributed by atoms with E-state index in [0.29, 0.717) is 58.6 Å². The van der Waals surface area contributed by atoms with Gasteiger partial charge in [0, 0.05) is 25.8 Å². The third-order valence-corrected chi connectivity index (χ3v) is 13.2. The predicted octanol–water partition coefficient (Wildman–Crippen LogP) is 8.85. The summed E-state index contributed by atoms with van der Waals surface area (Å²) >= 11 is 3.06. The molecule has 0 unspecified atom stereocenters. The summed E-state index contributed by atoms with van der Waals surface area (Å²) < 4.78 is 50.6. The Kier molecular flexibility index (Phi) is 15.6. The van der Waals surface area contributed by atoms with Crippen LogP contribution >= 0.6 is 22.7 Å². The van der Waals surface area contributed by atoms with E-state index in [1.807, 2.05) is 36.4 Å². The van der Waals surface area contributed by atoms with Gasteiger partial charge < -0.3 is 42.0 Å². The molecule has 66 heavy (non-hydrogen) atoms. The minimum absolute atomic E-state index is 0.145. The quantitative estimate of drug-likeness (QED) is 0.0321. The lowest BCUT2D eigenvalue weighted by molar-refractivity contribution is -0.143. The van der Waals surface area contributed by atoms with Crippen molar-refractivity contribution in [3.05, 3.63) is 95.8 Å². The molecule has 21 heteroatoms. The first-order chi connectivity index (χ1) is 31.9. The van der Waals surface area contributed by atoms with E-state index in [9.17, 15) is 9.59 Å². The topological polar surface area (TPSA) is 206 Å². The van der Waals surface area contributed by atoms with Gasteiger partial charge in [0.05, 0.1) is 44.3 Å². The molecule has 0 spiro atoms. The second-order valence-corrected chi connectivity index (χ2v) is 23.1. The smallest absolute Gasteiger partial charge is 0.343 e. The molecule has 0 fully saturated rings. The van der Waals surface area contributed by atoms with Gasteiger partial charge in [0.1, 0.15) is 45.8 Å². The van der Waals surface area contributed by atoms with Crippen molar-refractivity contribution in [2.45, 2.75) is 32.1 Å². The number of aromatic nitrogens is 6. The van der Waals surface area contributed by atoms with Gasteiger partial charge in [-0.1, -0.05) is 48.2 Å². The van der Waals surface area contributed by atoms with Crippen molar-refractivity contribution < 1.29 is 51.6 Å². The molecule has 0 aliphatic heterocycles. The second kappa shape index (κ2) is 21.8. The Morgan fingerprint density at radius 3 is 1.76 bits per heavy atom. The van der Waals surface area contributed by atoms with E-state index in [1.54, 1.807) is 79.0 Å². The van der Waals surface area contributed by atoms with E-state index in [4.69, 9.17) is 37.5 Å². The fraction of sp³-hybridized carbons (Fsp3) is 0.289. The van der Waals surface area contributed by atoms with Crippen molar-refractivity contribution >= 4 is 74.3 Å². The lowest BCUT2D eigenvalue weighted by Crippen LogP contribution is -2.25. The molecule has 4 aromatic heterocycles. The molecule has 18 nitrogen and oxygen atoms in total. The highest BCUT2D eigenvalue weighted by Gasteiger charge is 2.23. The average Bonchev–Trinajstić information content (AvgIpc) is 4.17. The Morgan fingerprint density at radius 2 is 1.20 bits per heavy atom. The SMILES string of the molecule is COC(=O)COc1ccc(-c2nnc(Cc3nc4c(OC)cccc4s3)o2)cc1.COC(=O)COc1ccc(-c2nnc(N(COCC[Si](C)(C)C)c3nc4c(OC)cccc4s3)o2)cc1. The third-order valence-electron chi connectivity index (χ3n) is 9.47. The molecule has 0 radical (unpaired) electrons. The number of para-hydroxylation sites is 2. The molecule has 4 aromatic carbocycles. The molecule has 0 aliphatic carbocycles. The molecule has 0 amide bonds. The molecule has 0 bridgehead atoms. The number of anilines is 2. The molecule has 344 valence electrons. The third kappa shape index (κ3) is 12.2. The van der Waals surface area contributed by atoms with Crippen LogP contribution in [0.5, 0.6) is 23.0 Å². The molecule has 0 N–H and O–H groups in total. The van der Waals surface area contributed by atoms with E-state index in [1.165, 1.54) is 25.6 Å². The lowest BCUT2D eigenvalue weighted by Gasteiger charge is -2.19. The predicted molar refractivity (Wildman–Crippen MR) is 251 cm³/mol. The number of benzene rings is 4. The lowest BCUT2D eigenvalue weighted by atomic mass is 10.2. The van der Waals surface area contributed by atoms with E-state index in [2.05, 4.69) is 54.5 Å². The molecule has 0 saturated carbocycles. The molecule has 0 aliphatic rings. The molecule has 8 rings (SSSR count). The molecule has 0 atom stereocenters. The first-order valence-electron chi connectivity index (χ1n) is 20.4. The number of carbonyl (C=O) groups excluding carboxylic acids is 2. The van der Waals surface area contributed by atoms with E-state index in [-0.39, 0.29) is 26.0 Å². The van der Waals surface area contributed by atoms with Gasteiger partial charge >= 0.3 is 18.0 Å². The van der Waals surface area contributed by atoms with Gasteiger partial charge in [0.2, 0.25) is 17.7 Å². The summed E-state index contributed by atoms with van der Waals surface area (Å²) in [7, 11) is 4.63. The Balaban J connectivity index is 0.000000202. The summed E-state index contributed by atoms with van der Waals surface area (Å²) in [6, 6.07) is 27.0. The van der Waals surface area contributed by atoms with Crippen LogP contribution in [0.15, 0.2) is 93.8 Å². The van der Waals surface area contributed by atoms with E-state index in [0.717, 1.165) is 42.8 Å². The number of esters is 2. The zero-order valence-corrected chi connectivity index (χ0v) is 39.9. The first-order valence-corrected chi connectivity index (χ1v) is 25.7. The van der Waals surface area contributed by atoms with Crippen LogP contribution in [0.2, 0.25) is 25.7 Å². The fourth-order valence-corrected chi connectivity index (χ4v) is 8.63. The number of carbonyl (C=O) groups is 2. The Hall–Kier alpha value is -6.94. The number of fused-ring (bicyclic) bond motifs is 2. The van der Waals surface area contributed by atoms with Crippen LogP contribution in [0.3, 0.4) is 0 Å². The van der Waals surface area contributed by atoms with Crippen LogP contribution in [-0.4, -0.2) is 105 Å². The average molecular weight is 954 g/mol. The van der Waals surface area contributed by atoms with Gasteiger partial charge in [-0.05, 0) is 78.8 Å². The Morgan fingerprint density at radius 1 is 0.652 bits per heavy atom. The molecule has 8 aromatic rings. The Labute approximate surface area is 388 Å².